The quantitative estimate of drug-likeness (QED) is 0.794. The van der Waals surface area contributed by atoms with Crippen LogP contribution in [0, 0.1) is 11.8 Å². The molecule has 0 aliphatic heterocycles. The van der Waals surface area contributed by atoms with Crippen LogP contribution in [0.1, 0.15) is 38.3 Å². The molecule has 2 rings (SSSR count). The molecule has 1 saturated carbocycles. The van der Waals surface area contributed by atoms with Crippen LogP contribution in [0.5, 0.6) is 0 Å². The molecule has 1 N–H and O–H groups in total. The lowest BCUT2D eigenvalue weighted by Gasteiger charge is -2.26. The van der Waals surface area contributed by atoms with E-state index in [4.69, 9.17) is 0 Å². The Morgan fingerprint density at radius 2 is 2.35 bits per heavy atom. The third kappa shape index (κ3) is 4.15. The van der Waals surface area contributed by atoms with Crippen molar-refractivity contribution >= 4 is 0 Å². The molecule has 3 heteroatoms. The van der Waals surface area contributed by atoms with Gasteiger partial charge in [-0.3, -0.25) is 4.68 Å². The van der Waals surface area contributed by atoms with Gasteiger partial charge < -0.3 is 5.32 Å². The second kappa shape index (κ2) is 6.20. The summed E-state index contributed by atoms with van der Waals surface area (Å²) in [5, 5.41) is 7.97. The van der Waals surface area contributed by atoms with Gasteiger partial charge in [0.15, 0.2) is 0 Å². The van der Waals surface area contributed by atoms with E-state index < -0.39 is 0 Å². The average molecular weight is 235 g/mol. The fraction of sp³-hybridized carbons (Fsp3) is 0.786. The van der Waals surface area contributed by atoms with Gasteiger partial charge in [0.1, 0.15) is 0 Å². The summed E-state index contributed by atoms with van der Waals surface area (Å²) in [6, 6.07) is 2.10. The first-order valence-corrected chi connectivity index (χ1v) is 6.93. The van der Waals surface area contributed by atoms with Gasteiger partial charge in [0.2, 0.25) is 0 Å². The van der Waals surface area contributed by atoms with Gasteiger partial charge in [-0.05, 0) is 37.3 Å². The Morgan fingerprint density at radius 1 is 1.47 bits per heavy atom. The summed E-state index contributed by atoms with van der Waals surface area (Å²) in [4.78, 5) is 0. The average Bonchev–Trinajstić information content (AvgIpc) is 2.71. The van der Waals surface area contributed by atoms with E-state index in [1.165, 1.54) is 37.9 Å². The van der Waals surface area contributed by atoms with Gasteiger partial charge in [0.05, 0.1) is 5.69 Å². The zero-order valence-corrected chi connectivity index (χ0v) is 11.2. The van der Waals surface area contributed by atoms with Crippen molar-refractivity contribution in [3.63, 3.8) is 0 Å². The zero-order chi connectivity index (χ0) is 12.1. The molecule has 0 saturated heterocycles. The molecule has 96 valence electrons. The first kappa shape index (κ1) is 12.6. The minimum Gasteiger partial charge on any atom is -0.316 e. The molecule has 1 heterocycles. The second-order valence-electron chi connectivity index (χ2n) is 5.57. The Bertz CT molecular complexity index is 332. The maximum atomic E-state index is 4.38. The van der Waals surface area contributed by atoms with E-state index in [0.717, 1.165) is 24.8 Å². The van der Waals surface area contributed by atoms with E-state index in [2.05, 4.69) is 23.4 Å². The van der Waals surface area contributed by atoms with Crippen LogP contribution in [-0.2, 0) is 13.5 Å². The van der Waals surface area contributed by atoms with E-state index in [9.17, 15) is 0 Å². The van der Waals surface area contributed by atoms with Crippen LogP contribution in [-0.4, -0.2) is 22.9 Å². The van der Waals surface area contributed by atoms with Crippen molar-refractivity contribution in [2.24, 2.45) is 18.9 Å². The SMILES string of the molecule is CC1CCCC(CNCCc2ccn(C)n2)C1. The number of nitrogens with zero attached hydrogens (tertiary/aromatic N) is 2. The Kier molecular flexibility index (Phi) is 4.60. The lowest BCUT2D eigenvalue weighted by Crippen LogP contribution is -2.28. The smallest absolute Gasteiger partial charge is 0.0637 e. The monoisotopic (exact) mass is 235 g/mol. The predicted octanol–water partition coefficient (Wildman–Crippen LogP) is 2.38. The molecule has 1 fully saturated rings. The van der Waals surface area contributed by atoms with Gasteiger partial charge in [0.25, 0.3) is 0 Å². The topological polar surface area (TPSA) is 29.9 Å². The summed E-state index contributed by atoms with van der Waals surface area (Å²) in [6.07, 6.45) is 8.75. The highest BCUT2D eigenvalue weighted by atomic mass is 15.2. The molecule has 2 atom stereocenters. The maximum Gasteiger partial charge on any atom is 0.0637 e. The molecule has 0 aromatic carbocycles. The van der Waals surface area contributed by atoms with Crippen molar-refractivity contribution < 1.29 is 0 Å². The van der Waals surface area contributed by atoms with Crippen molar-refractivity contribution in [1.29, 1.82) is 0 Å². The maximum absolute atomic E-state index is 4.38. The highest BCUT2D eigenvalue weighted by Crippen LogP contribution is 2.27. The minimum absolute atomic E-state index is 0.905. The van der Waals surface area contributed by atoms with E-state index >= 15 is 0 Å². The Hall–Kier alpha value is -0.830. The van der Waals surface area contributed by atoms with E-state index in [-0.39, 0.29) is 0 Å². The summed E-state index contributed by atoms with van der Waals surface area (Å²) in [5.74, 6) is 1.84. The molecule has 0 radical (unpaired) electrons. The van der Waals surface area contributed by atoms with Gasteiger partial charge in [-0.25, -0.2) is 0 Å². The minimum atomic E-state index is 0.905. The van der Waals surface area contributed by atoms with Crippen LogP contribution in [0.2, 0.25) is 0 Å². The van der Waals surface area contributed by atoms with Gasteiger partial charge in [0, 0.05) is 26.2 Å². The van der Waals surface area contributed by atoms with Crippen LogP contribution < -0.4 is 5.32 Å². The molecule has 1 aliphatic rings. The summed E-state index contributed by atoms with van der Waals surface area (Å²) in [5.41, 5.74) is 1.19. The normalized spacial score (nSPS) is 25.1. The van der Waals surface area contributed by atoms with E-state index in [1.807, 2.05) is 17.9 Å². The molecule has 2 unspecified atom stereocenters. The standard InChI is InChI=1S/C14H25N3/c1-12-4-3-5-13(10-12)11-15-8-6-14-7-9-17(2)16-14/h7,9,12-13,15H,3-6,8,10-11H2,1-2H3. The van der Waals surface area contributed by atoms with Crippen LogP contribution in [0.4, 0.5) is 0 Å². The fourth-order valence-corrected chi connectivity index (χ4v) is 2.86. The molecule has 1 aromatic heterocycles. The van der Waals surface area contributed by atoms with Crippen molar-refractivity contribution in [2.45, 2.75) is 39.0 Å². The molecule has 1 aromatic rings. The van der Waals surface area contributed by atoms with Gasteiger partial charge >= 0.3 is 0 Å². The molecular formula is C14H25N3. The van der Waals surface area contributed by atoms with Crippen molar-refractivity contribution in [3.05, 3.63) is 18.0 Å². The lowest BCUT2D eigenvalue weighted by atomic mass is 9.82. The number of hydrogen-bond donors (Lipinski definition) is 1. The third-order valence-electron chi connectivity index (χ3n) is 3.80. The van der Waals surface area contributed by atoms with E-state index in [0.29, 0.717) is 0 Å². The first-order valence-electron chi connectivity index (χ1n) is 6.93. The highest BCUT2D eigenvalue weighted by Gasteiger charge is 2.17. The van der Waals surface area contributed by atoms with Crippen molar-refractivity contribution in [3.8, 4) is 0 Å². The van der Waals surface area contributed by atoms with Crippen LogP contribution in [0.15, 0.2) is 12.3 Å². The predicted molar refractivity (Wildman–Crippen MR) is 70.9 cm³/mol. The van der Waals surface area contributed by atoms with Gasteiger partial charge in [-0.2, -0.15) is 5.10 Å². The van der Waals surface area contributed by atoms with Crippen LogP contribution in [0.3, 0.4) is 0 Å². The molecule has 3 nitrogen and oxygen atoms in total. The lowest BCUT2D eigenvalue weighted by molar-refractivity contribution is 0.275. The first-order chi connectivity index (χ1) is 8.24. The molecule has 0 amide bonds. The Morgan fingerprint density at radius 3 is 3.06 bits per heavy atom. The molecule has 0 bridgehead atoms. The molecule has 0 spiro atoms. The number of aromatic nitrogens is 2. The number of aryl methyl sites for hydroxylation is 1. The summed E-state index contributed by atoms with van der Waals surface area (Å²) in [6.45, 7) is 4.64. The summed E-state index contributed by atoms with van der Waals surface area (Å²) < 4.78 is 1.87. The van der Waals surface area contributed by atoms with Gasteiger partial charge in [-0.1, -0.05) is 19.8 Å². The Balaban J connectivity index is 1.59. The summed E-state index contributed by atoms with van der Waals surface area (Å²) >= 11 is 0. The number of rotatable bonds is 5. The highest BCUT2D eigenvalue weighted by molar-refractivity contribution is 4.98. The fourth-order valence-electron chi connectivity index (χ4n) is 2.86. The Labute approximate surface area is 105 Å². The molecular weight excluding hydrogens is 210 g/mol. The summed E-state index contributed by atoms with van der Waals surface area (Å²) in [7, 11) is 1.97. The van der Waals surface area contributed by atoms with E-state index in [1.54, 1.807) is 0 Å². The van der Waals surface area contributed by atoms with Crippen molar-refractivity contribution in [2.75, 3.05) is 13.1 Å². The van der Waals surface area contributed by atoms with Crippen LogP contribution >= 0.6 is 0 Å². The van der Waals surface area contributed by atoms with Crippen molar-refractivity contribution in [1.82, 2.24) is 15.1 Å². The van der Waals surface area contributed by atoms with Crippen LogP contribution in [0.25, 0.3) is 0 Å². The largest absolute Gasteiger partial charge is 0.316 e. The molecule has 17 heavy (non-hydrogen) atoms. The zero-order valence-electron chi connectivity index (χ0n) is 11.2. The third-order valence-corrected chi connectivity index (χ3v) is 3.80. The number of hydrogen-bond acceptors (Lipinski definition) is 2. The second-order valence-corrected chi connectivity index (χ2v) is 5.57. The van der Waals surface area contributed by atoms with Gasteiger partial charge in [-0.15, -0.1) is 0 Å². The number of nitrogens with one attached hydrogen (secondary N) is 1. The molecule has 1 aliphatic carbocycles.